The highest BCUT2D eigenvalue weighted by Crippen LogP contribution is 2.24. The molecule has 4 nitrogen and oxygen atoms in total. The number of aryl methyl sites for hydroxylation is 1. The molecule has 0 spiro atoms. The fourth-order valence-corrected chi connectivity index (χ4v) is 3.67. The minimum Gasteiger partial charge on any atom is -0.385 e. The predicted molar refractivity (Wildman–Crippen MR) is 86.0 cm³/mol. The third kappa shape index (κ3) is 3.90. The number of benzene rings is 1. The molecule has 2 rings (SSSR count). The van der Waals surface area contributed by atoms with E-state index in [0.29, 0.717) is 16.7 Å². The lowest BCUT2D eigenvalue weighted by atomic mass is 10.0. The topological polar surface area (TPSA) is 58.2 Å². The second-order valence-electron chi connectivity index (χ2n) is 5.08. The van der Waals surface area contributed by atoms with Crippen LogP contribution in [0.3, 0.4) is 0 Å². The first-order valence-electron chi connectivity index (χ1n) is 6.92. The highest BCUT2D eigenvalue weighted by atomic mass is 32.2. The van der Waals surface area contributed by atoms with Gasteiger partial charge in [0.05, 0.1) is 4.90 Å². The molecule has 0 aliphatic carbocycles. The number of nitrogens with one attached hydrogen (secondary N) is 2. The molecule has 1 unspecified atom stereocenters. The van der Waals surface area contributed by atoms with Gasteiger partial charge in [-0.15, -0.1) is 0 Å². The number of thioether (sulfide) groups is 1. The molecule has 20 heavy (non-hydrogen) atoms. The Morgan fingerprint density at radius 3 is 3.00 bits per heavy atom. The van der Waals surface area contributed by atoms with Crippen molar-refractivity contribution < 1.29 is 8.42 Å². The maximum Gasteiger partial charge on any atom is 0.240 e. The smallest absolute Gasteiger partial charge is 0.240 e. The quantitative estimate of drug-likeness (QED) is 0.847. The molecule has 1 aromatic rings. The van der Waals surface area contributed by atoms with Crippen molar-refractivity contribution in [1.29, 1.82) is 0 Å². The molecule has 2 N–H and O–H groups in total. The van der Waals surface area contributed by atoms with Gasteiger partial charge in [-0.25, -0.2) is 13.1 Å². The average molecular weight is 314 g/mol. The summed E-state index contributed by atoms with van der Waals surface area (Å²) in [6.45, 7) is 3.55. The first kappa shape index (κ1) is 15.7. The molecule has 0 bridgehead atoms. The summed E-state index contributed by atoms with van der Waals surface area (Å²) in [4.78, 5) is 0.372. The van der Waals surface area contributed by atoms with E-state index >= 15 is 0 Å². The summed E-state index contributed by atoms with van der Waals surface area (Å²) in [6.07, 6.45) is 4.87. The van der Waals surface area contributed by atoms with Crippen LogP contribution in [-0.4, -0.2) is 33.0 Å². The minimum atomic E-state index is -3.38. The van der Waals surface area contributed by atoms with Crippen molar-refractivity contribution in [2.45, 2.75) is 36.3 Å². The van der Waals surface area contributed by atoms with Gasteiger partial charge in [0.25, 0.3) is 0 Å². The molecule has 1 aliphatic rings. The fourth-order valence-electron chi connectivity index (χ4n) is 2.22. The third-order valence-corrected chi connectivity index (χ3v) is 6.07. The van der Waals surface area contributed by atoms with Crippen LogP contribution < -0.4 is 10.0 Å². The van der Waals surface area contributed by atoms with Crippen LogP contribution in [-0.2, 0) is 16.4 Å². The van der Waals surface area contributed by atoms with Crippen LogP contribution in [0.25, 0.3) is 0 Å². The van der Waals surface area contributed by atoms with E-state index in [4.69, 9.17) is 0 Å². The predicted octanol–water partition coefficient (Wildman–Crippen LogP) is 2.46. The highest BCUT2D eigenvalue weighted by Gasteiger charge is 2.17. The van der Waals surface area contributed by atoms with Gasteiger partial charge < -0.3 is 5.32 Å². The van der Waals surface area contributed by atoms with Crippen molar-refractivity contribution in [3.8, 4) is 0 Å². The third-order valence-electron chi connectivity index (χ3n) is 3.57. The lowest BCUT2D eigenvalue weighted by Gasteiger charge is -2.18. The molecule has 1 aliphatic heterocycles. The lowest BCUT2D eigenvalue weighted by Crippen LogP contribution is -2.26. The number of anilines is 1. The summed E-state index contributed by atoms with van der Waals surface area (Å²) in [5.74, 6) is 0. The maximum absolute atomic E-state index is 12.2. The van der Waals surface area contributed by atoms with Gasteiger partial charge in [0, 0.05) is 24.0 Å². The van der Waals surface area contributed by atoms with E-state index in [1.807, 2.05) is 12.3 Å². The van der Waals surface area contributed by atoms with Gasteiger partial charge in [0.2, 0.25) is 10.0 Å². The van der Waals surface area contributed by atoms with Gasteiger partial charge in [-0.1, -0.05) is 6.92 Å². The molecule has 0 aromatic heterocycles. The zero-order chi connectivity index (χ0) is 14.6. The Labute approximate surface area is 125 Å². The van der Waals surface area contributed by atoms with Crippen molar-refractivity contribution in [3.63, 3.8) is 0 Å². The van der Waals surface area contributed by atoms with Crippen LogP contribution in [0.1, 0.15) is 25.3 Å². The Bertz CT molecular complexity index is 558. The largest absolute Gasteiger partial charge is 0.385 e. The molecule has 1 heterocycles. The van der Waals surface area contributed by atoms with Crippen LogP contribution in [0.15, 0.2) is 23.1 Å². The van der Waals surface area contributed by atoms with Crippen molar-refractivity contribution in [3.05, 3.63) is 23.8 Å². The molecular formula is C14H22N2O2S2. The molecule has 0 saturated carbocycles. The molecule has 0 fully saturated rings. The van der Waals surface area contributed by atoms with Crippen LogP contribution in [0.5, 0.6) is 0 Å². The van der Waals surface area contributed by atoms with Gasteiger partial charge in [0.15, 0.2) is 0 Å². The fraction of sp³-hybridized carbons (Fsp3) is 0.571. The van der Waals surface area contributed by atoms with E-state index in [-0.39, 0.29) is 0 Å². The lowest BCUT2D eigenvalue weighted by molar-refractivity contribution is 0.579. The van der Waals surface area contributed by atoms with Crippen molar-refractivity contribution in [1.82, 2.24) is 4.72 Å². The normalized spacial score (nSPS) is 16.3. The Hall–Kier alpha value is -0.720. The Kier molecular flexibility index (Phi) is 5.35. The number of hydrogen-bond acceptors (Lipinski definition) is 4. The van der Waals surface area contributed by atoms with Crippen molar-refractivity contribution in [2.24, 2.45) is 0 Å². The van der Waals surface area contributed by atoms with E-state index in [9.17, 15) is 8.42 Å². The second kappa shape index (κ2) is 6.83. The average Bonchev–Trinajstić information content (AvgIpc) is 2.46. The molecule has 0 amide bonds. The Balaban J connectivity index is 2.05. The molecule has 0 radical (unpaired) electrons. The summed E-state index contributed by atoms with van der Waals surface area (Å²) in [7, 11) is -3.38. The Morgan fingerprint density at radius 2 is 2.25 bits per heavy atom. The highest BCUT2D eigenvalue weighted by molar-refractivity contribution is 7.99. The van der Waals surface area contributed by atoms with Crippen molar-refractivity contribution in [2.75, 3.05) is 24.7 Å². The summed E-state index contributed by atoms with van der Waals surface area (Å²) in [5.41, 5.74) is 2.16. The van der Waals surface area contributed by atoms with E-state index in [1.54, 1.807) is 23.9 Å². The maximum atomic E-state index is 12.2. The van der Waals surface area contributed by atoms with E-state index in [2.05, 4.69) is 17.0 Å². The summed E-state index contributed by atoms with van der Waals surface area (Å²) in [6, 6.07) is 5.34. The van der Waals surface area contributed by atoms with Gasteiger partial charge in [-0.05, 0) is 49.3 Å². The Morgan fingerprint density at radius 1 is 1.45 bits per heavy atom. The monoisotopic (exact) mass is 314 g/mol. The molecule has 112 valence electrons. The van der Waals surface area contributed by atoms with Crippen LogP contribution in [0.2, 0.25) is 0 Å². The van der Waals surface area contributed by atoms with Gasteiger partial charge in [0.1, 0.15) is 0 Å². The molecule has 6 heteroatoms. The summed E-state index contributed by atoms with van der Waals surface area (Å²) < 4.78 is 27.2. The van der Waals surface area contributed by atoms with Crippen LogP contribution in [0.4, 0.5) is 5.69 Å². The number of rotatable bonds is 6. The molecule has 0 saturated heterocycles. The number of fused-ring (bicyclic) bond motifs is 1. The molecular weight excluding hydrogens is 292 g/mol. The van der Waals surface area contributed by atoms with Crippen LogP contribution in [0, 0.1) is 0 Å². The number of sulfonamides is 1. The minimum absolute atomic E-state index is 0.372. The van der Waals surface area contributed by atoms with E-state index < -0.39 is 10.0 Å². The van der Waals surface area contributed by atoms with Gasteiger partial charge >= 0.3 is 0 Å². The SMILES string of the molecule is CSC(C)CCNS(=O)(=O)c1ccc2c(c1)CCCN2. The second-order valence-corrected chi connectivity index (χ2v) is 8.13. The first-order valence-corrected chi connectivity index (χ1v) is 9.69. The summed E-state index contributed by atoms with van der Waals surface area (Å²) >= 11 is 1.75. The molecule has 1 aromatic carbocycles. The summed E-state index contributed by atoms with van der Waals surface area (Å²) in [5, 5.41) is 3.75. The van der Waals surface area contributed by atoms with Crippen LogP contribution >= 0.6 is 11.8 Å². The zero-order valence-electron chi connectivity index (χ0n) is 12.0. The first-order chi connectivity index (χ1) is 9.53. The van der Waals surface area contributed by atoms with E-state index in [0.717, 1.165) is 37.1 Å². The zero-order valence-corrected chi connectivity index (χ0v) is 13.6. The standard InChI is InChI=1S/C14H22N2O2S2/c1-11(19-2)7-9-16-20(17,18)13-5-6-14-12(10-13)4-3-8-15-14/h5-6,10-11,15-16H,3-4,7-9H2,1-2H3. The molecule has 1 atom stereocenters. The number of hydrogen-bond donors (Lipinski definition) is 2. The van der Waals surface area contributed by atoms with Crippen molar-refractivity contribution >= 4 is 27.5 Å². The van der Waals surface area contributed by atoms with E-state index in [1.165, 1.54) is 0 Å². The van der Waals surface area contributed by atoms with Gasteiger partial charge in [-0.2, -0.15) is 11.8 Å². The van der Waals surface area contributed by atoms with Gasteiger partial charge in [-0.3, -0.25) is 0 Å².